The summed E-state index contributed by atoms with van der Waals surface area (Å²) in [6.45, 7) is 0.0465. The zero-order chi connectivity index (χ0) is 20.9. The molecule has 8 heteroatoms. The molecule has 0 saturated heterocycles. The molecule has 0 bridgehead atoms. The zero-order valence-corrected chi connectivity index (χ0v) is 15.7. The molecule has 4 rings (SSSR count). The van der Waals surface area contributed by atoms with Gasteiger partial charge in [-0.1, -0.05) is 24.3 Å². The van der Waals surface area contributed by atoms with Crippen LogP contribution in [-0.2, 0) is 6.61 Å². The van der Waals surface area contributed by atoms with Crippen molar-refractivity contribution in [1.82, 2.24) is 9.38 Å². The summed E-state index contributed by atoms with van der Waals surface area (Å²) in [5.74, 6) is -0.0442. The Morgan fingerprint density at radius 2 is 1.83 bits per heavy atom. The Hall–Kier alpha value is -4.20. The number of anilines is 2. The molecule has 2 heterocycles. The number of ether oxygens (including phenoxy) is 1. The number of nitrogens with one attached hydrogen (secondary N) is 2. The van der Waals surface area contributed by atoms with Gasteiger partial charge in [0.2, 0.25) is 0 Å². The zero-order valence-electron chi connectivity index (χ0n) is 15.7. The van der Waals surface area contributed by atoms with E-state index in [2.05, 4.69) is 15.6 Å². The first-order valence-corrected chi connectivity index (χ1v) is 9.11. The van der Waals surface area contributed by atoms with Gasteiger partial charge < -0.3 is 15.4 Å². The predicted molar refractivity (Wildman–Crippen MR) is 111 cm³/mol. The summed E-state index contributed by atoms with van der Waals surface area (Å²) in [7, 11) is 0. The molecule has 7 nitrogen and oxygen atoms in total. The van der Waals surface area contributed by atoms with Gasteiger partial charge in [0.1, 0.15) is 23.8 Å². The van der Waals surface area contributed by atoms with Gasteiger partial charge in [-0.3, -0.25) is 9.20 Å². The number of fused-ring (bicyclic) bond motifs is 1. The second-order valence-corrected chi connectivity index (χ2v) is 6.39. The third kappa shape index (κ3) is 4.44. The molecule has 0 aliphatic rings. The quantitative estimate of drug-likeness (QED) is 0.525. The average molecular weight is 404 g/mol. The van der Waals surface area contributed by atoms with E-state index in [0.29, 0.717) is 28.5 Å². The van der Waals surface area contributed by atoms with Crippen LogP contribution in [0.4, 0.5) is 20.6 Å². The number of amides is 2. The van der Waals surface area contributed by atoms with Crippen LogP contribution < -0.4 is 20.9 Å². The number of hydrogen-bond acceptors (Lipinski definition) is 4. The van der Waals surface area contributed by atoms with Crippen molar-refractivity contribution in [3.05, 3.63) is 101 Å². The van der Waals surface area contributed by atoms with Gasteiger partial charge in [-0.2, -0.15) is 0 Å². The smallest absolute Gasteiger partial charge is 0.323 e. The van der Waals surface area contributed by atoms with E-state index in [1.807, 2.05) is 0 Å². The average Bonchev–Trinajstić information content (AvgIpc) is 2.73. The van der Waals surface area contributed by atoms with Crippen molar-refractivity contribution in [2.24, 2.45) is 0 Å². The van der Waals surface area contributed by atoms with Crippen LogP contribution in [0.2, 0.25) is 0 Å². The molecular formula is C22H17FN4O3. The van der Waals surface area contributed by atoms with Gasteiger partial charge in [0.05, 0.1) is 11.4 Å². The molecule has 2 amide bonds. The Morgan fingerprint density at radius 3 is 2.70 bits per heavy atom. The van der Waals surface area contributed by atoms with Crippen molar-refractivity contribution in [3.8, 4) is 5.75 Å². The molecule has 0 radical (unpaired) electrons. The molecule has 0 fully saturated rings. The number of hydrogen-bond donors (Lipinski definition) is 2. The standard InChI is InChI=1S/C22H17FN4O3/c23-15-6-5-7-16(12-15)25-22(29)26-18-8-1-2-9-19(18)30-14-17-13-21(28)27-11-4-3-10-20(27)24-17/h1-13H,14H2,(H2,25,26,29). The third-order valence-electron chi connectivity index (χ3n) is 4.22. The Kier molecular flexibility index (Phi) is 5.38. The lowest BCUT2D eigenvalue weighted by Crippen LogP contribution is -2.20. The van der Waals surface area contributed by atoms with Crippen molar-refractivity contribution in [2.75, 3.05) is 10.6 Å². The molecule has 0 atom stereocenters. The highest BCUT2D eigenvalue weighted by atomic mass is 19.1. The molecule has 0 saturated carbocycles. The van der Waals surface area contributed by atoms with E-state index in [4.69, 9.17) is 4.74 Å². The van der Waals surface area contributed by atoms with Crippen LogP contribution in [0.3, 0.4) is 0 Å². The van der Waals surface area contributed by atoms with E-state index in [-0.39, 0.29) is 12.2 Å². The number of carbonyl (C=O) groups is 1. The molecule has 0 aliphatic carbocycles. The molecule has 0 unspecified atom stereocenters. The number of urea groups is 1. The van der Waals surface area contributed by atoms with E-state index in [9.17, 15) is 14.0 Å². The SMILES string of the molecule is O=C(Nc1cccc(F)c1)Nc1ccccc1OCc1cc(=O)n2ccccc2n1. The molecule has 4 aromatic rings. The van der Waals surface area contributed by atoms with Crippen molar-refractivity contribution in [2.45, 2.75) is 6.61 Å². The fraction of sp³-hybridized carbons (Fsp3) is 0.0455. The number of halogens is 1. The minimum atomic E-state index is -0.543. The summed E-state index contributed by atoms with van der Waals surface area (Å²) >= 11 is 0. The summed E-state index contributed by atoms with van der Waals surface area (Å²) < 4.78 is 20.5. The minimum Gasteiger partial charge on any atom is -0.485 e. The number of carbonyl (C=O) groups excluding carboxylic acids is 1. The monoisotopic (exact) mass is 404 g/mol. The van der Waals surface area contributed by atoms with Crippen molar-refractivity contribution >= 4 is 23.1 Å². The summed E-state index contributed by atoms with van der Waals surface area (Å²) in [4.78, 5) is 28.9. The largest absolute Gasteiger partial charge is 0.485 e. The minimum absolute atomic E-state index is 0.0465. The van der Waals surface area contributed by atoms with Crippen LogP contribution in [0.15, 0.2) is 83.8 Å². The van der Waals surface area contributed by atoms with E-state index < -0.39 is 11.8 Å². The number of nitrogens with zero attached hydrogens (tertiary/aromatic N) is 2. The van der Waals surface area contributed by atoms with E-state index >= 15 is 0 Å². The second kappa shape index (κ2) is 8.44. The number of pyridine rings is 1. The van der Waals surface area contributed by atoms with E-state index in [0.717, 1.165) is 0 Å². The van der Waals surface area contributed by atoms with Crippen molar-refractivity contribution < 1.29 is 13.9 Å². The maximum absolute atomic E-state index is 13.3. The lowest BCUT2D eigenvalue weighted by molar-refractivity contribution is 0.261. The normalized spacial score (nSPS) is 10.6. The van der Waals surface area contributed by atoms with Crippen LogP contribution >= 0.6 is 0 Å². The second-order valence-electron chi connectivity index (χ2n) is 6.39. The van der Waals surface area contributed by atoms with Crippen LogP contribution in [0.5, 0.6) is 5.75 Å². The Bertz CT molecular complexity index is 1270. The summed E-state index contributed by atoms with van der Waals surface area (Å²) in [6.07, 6.45) is 1.64. The van der Waals surface area contributed by atoms with E-state index in [1.54, 1.807) is 54.7 Å². The molecule has 30 heavy (non-hydrogen) atoms. The highest BCUT2D eigenvalue weighted by Crippen LogP contribution is 2.25. The number of aromatic nitrogens is 2. The molecule has 2 N–H and O–H groups in total. The summed E-state index contributed by atoms with van der Waals surface area (Å²) in [5, 5.41) is 5.23. The molecule has 2 aromatic heterocycles. The first-order chi connectivity index (χ1) is 14.6. The van der Waals surface area contributed by atoms with Crippen molar-refractivity contribution in [1.29, 1.82) is 0 Å². The maximum Gasteiger partial charge on any atom is 0.323 e. The first-order valence-electron chi connectivity index (χ1n) is 9.11. The molecule has 0 spiro atoms. The number of rotatable bonds is 5. The molecular weight excluding hydrogens is 387 g/mol. The fourth-order valence-corrected chi connectivity index (χ4v) is 2.88. The Balaban J connectivity index is 1.47. The third-order valence-corrected chi connectivity index (χ3v) is 4.22. The topological polar surface area (TPSA) is 84.7 Å². The van der Waals surface area contributed by atoms with E-state index in [1.165, 1.54) is 28.7 Å². The van der Waals surface area contributed by atoms with Gasteiger partial charge in [-0.25, -0.2) is 14.2 Å². The Morgan fingerprint density at radius 1 is 1.00 bits per heavy atom. The van der Waals surface area contributed by atoms with Gasteiger partial charge in [-0.05, 0) is 42.5 Å². The van der Waals surface area contributed by atoms with Gasteiger partial charge in [0, 0.05) is 18.0 Å². The molecule has 150 valence electrons. The molecule has 0 aliphatic heterocycles. The number of benzene rings is 2. The highest BCUT2D eigenvalue weighted by molar-refractivity contribution is 6.00. The van der Waals surface area contributed by atoms with Crippen LogP contribution in [0.1, 0.15) is 5.69 Å². The van der Waals surface area contributed by atoms with Gasteiger partial charge in [0.15, 0.2) is 0 Å². The summed E-state index contributed by atoms with van der Waals surface area (Å²) in [5.41, 5.74) is 1.52. The van der Waals surface area contributed by atoms with Gasteiger partial charge in [-0.15, -0.1) is 0 Å². The van der Waals surface area contributed by atoms with Crippen LogP contribution in [0.25, 0.3) is 5.65 Å². The van der Waals surface area contributed by atoms with Gasteiger partial charge in [0.25, 0.3) is 5.56 Å². The predicted octanol–water partition coefficient (Wildman–Crippen LogP) is 4.06. The molecule has 2 aromatic carbocycles. The number of para-hydroxylation sites is 2. The maximum atomic E-state index is 13.3. The fourth-order valence-electron chi connectivity index (χ4n) is 2.88. The van der Waals surface area contributed by atoms with Crippen molar-refractivity contribution in [3.63, 3.8) is 0 Å². The Labute approximate surface area is 170 Å². The van der Waals surface area contributed by atoms with Crippen LogP contribution in [0, 0.1) is 5.82 Å². The lowest BCUT2D eigenvalue weighted by Gasteiger charge is -2.13. The lowest BCUT2D eigenvalue weighted by atomic mass is 10.3. The highest BCUT2D eigenvalue weighted by Gasteiger charge is 2.10. The van der Waals surface area contributed by atoms with Gasteiger partial charge >= 0.3 is 6.03 Å². The summed E-state index contributed by atoms with van der Waals surface area (Å²) in [6, 6.07) is 18.6. The first kappa shape index (κ1) is 19.1. The van der Waals surface area contributed by atoms with Crippen LogP contribution in [-0.4, -0.2) is 15.4 Å².